The highest BCUT2D eigenvalue weighted by atomic mass is 79.9. The van der Waals surface area contributed by atoms with E-state index < -0.39 is 5.60 Å². The Bertz CT molecular complexity index is 113. The normalized spacial score (nSPS) is 10.9. The molecule has 0 spiro atoms. The second-order valence-corrected chi connectivity index (χ2v) is 2.99. The smallest absolute Gasteiger partial charge is 0.122 e. The lowest BCUT2D eigenvalue weighted by Crippen LogP contribution is -2.22. The third-order valence-corrected chi connectivity index (χ3v) is 1.21. The first-order valence-corrected chi connectivity index (χ1v) is 3.92. The summed E-state index contributed by atoms with van der Waals surface area (Å²) in [6, 6.07) is 0. The van der Waals surface area contributed by atoms with Crippen molar-refractivity contribution < 1.29 is 4.74 Å². The summed E-state index contributed by atoms with van der Waals surface area (Å²) in [4.78, 5) is 0. The lowest BCUT2D eigenvalue weighted by atomic mass is 10.1. The van der Waals surface area contributed by atoms with Crippen LogP contribution in [0.3, 0.4) is 0 Å². The first-order chi connectivity index (χ1) is 4.12. The molecule has 0 aliphatic carbocycles. The summed E-state index contributed by atoms with van der Waals surface area (Å²) < 4.78 is 5.24. The summed E-state index contributed by atoms with van der Waals surface area (Å²) in [7, 11) is 0. The van der Waals surface area contributed by atoms with Crippen molar-refractivity contribution in [3.8, 4) is 12.3 Å². The standard InChI is InChI=1S/C7H11BrO/c1-4-7(2,3)9-6-5-8/h1H,5-6H2,2-3H3. The van der Waals surface area contributed by atoms with E-state index in [0.29, 0.717) is 6.61 Å². The summed E-state index contributed by atoms with van der Waals surface area (Å²) in [5, 5.41) is 0.831. The van der Waals surface area contributed by atoms with Crippen molar-refractivity contribution in [1.29, 1.82) is 0 Å². The average Bonchev–Trinajstić information content (AvgIpc) is 1.84. The third-order valence-electron chi connectivity index (χ3n) is 0.888. The van der Waals surface area contributed by atoms with Crippen LogP contribution in [0.2, 0.25) is 0 Å². The van der Waals surface area contributed by atoms with Gasteiger partial charge in [0.15, 0.2) is 0 Å². The highest BCUT2D eigenvalue weighted by Gasteiger charge is 2.12. The molecule has 0 radical (unpaired) electrons. The molecule has 0 aromatic rings. The van der Waals surface area contributed by atoms with Gasteiger partial charge in [-0.1, -0.05) is 21.9 Å². The molecule has 2 heteroatoms. The van der Waals surface area contributed by atoms with Gasteiger partial charge in [-0.15, -0.1) is 6.42 Å². The Hall–Kier alpha value is 0. The molecule has 9 heavy (non-hydrogen) atoms. The molecule has 0 amide bonds. The molecule has 0 saturated heterocycles. The molecule has 0 unspecified atom stereocenters. The van der Waals surface area contributed by atoms with E-state index >= 15 is 0 Å². The van der Waals surface area contributed by atoms with Crippen LogP contribution in [0.1, 0.15) is 13.8 Å². The molecule has 0 N–H and O–H groups in total. The minimum Gasteiger partial charge on any atom is -0.362 e. The van der Waals surface area contributed by atoms with Gasteiger partial charge in [0.1, 0.15) is 5.60 Å². The molecule has 0 atom stereocenters. The fraction of sp³-hybridized carbons (Fsp3) is 0.714. The Balaban J connectivity index is 3.49. The Labute approximate surface area is 64.9 Å². The summed E-state index contributed by atoms with van der Waals surface area (Å²) in [6.07, 6.45) is 5.16. The van der Waals surface area contributed by atoms with Crippen molar-refractivity contribution in [2.45, 2.75) is 19.4 Å². The molecule has 0 bridgehead atoms. The van der Waals surface area contributed by atoms with Gasteiger partial charge in [0, 0.05) is 5.33 Å². The molecule has 52 valence electrons. The van der Waals surface area contributed by atoms with Crippen LogP contribution in [-0.4, -0.2) is 17.5 Å². The van der Waals surface area contributed by atoms with E-state index in [0.717, 1.165) is 5.33 Å². The van der Waals surface area contributed by atoms with E-state index in [1.54, 1.807) is 0 Å². The summed E-state index contributed by atoms with van der Waals surface area (Å²) >= 11 is 3.24. The lowest BCUT2D eigenvalue weighted by molar-refractivity contribution is 0.0386. The number of hydrogen-bond acceptors (Lipinski definition) is 1. The number of hydrogen-bond donors (Lipinski definition) is 0. The van der Waals surface area contributed by atoms with Crippen LogP contribution in [0, 0.1) is 12.3 Å². The molecule has 0 fully saturated rings. The number of ether oxygens (including phenoxy) is 1. The fourth-order valence-electron chi connectivity index (χ4n) is 0.335. The molecule has 0 aliphatic rings. The van der Waals surface area contributed by atoms with Gasteiger partial charge < -0.3 is 4.74 Å². The molecule has 0 aromatic carbocycles. The SMILES string of the molecule is C#CC(C)(C)OCCBr. The first kappa shape index (κ1) is 9.00. The second-order valence-electron chi connectivity index (χ2n) is 2.19. The van der Waals surface area contributed by atoms with E-state index in [2.05, 4.69) is 21.9 Å². The number of halogens is 1. The largest absolute Gasteiger partial charge is 0.362 e. The first-order valence-electron chi connectivity index (χ1n) is 2.80. The molecular weight excluding hydrogens is 180 g/mol. The number of terminal acetylenes is 1. The third kappa shape index (κ3) is 4.50. The van der Waals surface area contributed by atoms with Gasteiger partial charge in [-0.25, -0.2) is 0 Å². The predicted molar refractivity (Wildman–Crippen MR) is 42.7 cm³/mol. The Morgan fingerprint density at radius 3 is 2.56 bits per heavy atom. The fourth-order valence-corrected chi connectivity index (χ4v) is 0.497. The second kappa shape index (κ2) is 3.92. The Kier molecular flexibility index (Phi) is 3.92. The van der Waals surface area contributed by atoms with Crippen molar-refractivity contribution in [3.63, 3.8) is 0 Å². The zero-order chi connectivity index (χ0) is 7.33. The molecule has 0 aromatic heterocycles. The van der Waals surface area contributed by atoms with Gasteiger partial charge in [0.05, 0.1) is 6.61 Å². The minimum absolute atomic E-state index is 0.409. The monoisotopic (exact) mass is 190 g/mol. The number of alkyl halides is 1. The van der Waals surface area contributed by atoms with Crippen LogP contribution in [-0.2, 0) is 4.74 Å². The zero-order valence-corrected chi connectivity index (χ0v) is 7.36. The van der Waals surface area contributed by atoms with Crippen molar-refractivity contribution in [3.05, 3.63) is 0 Å². The summed E-state index contributed by atoms with van der Waals surface area (Å²) in [5.41, 5.74) is -0.409. The number of rotatable bonds is 3. The maximum absolute atomic E-state index is 5.24. The van der Waals surface area contributed by atoms with E-state index in [1.807, 2.05) is 13.8 Å². The Morgan fingerprint density at radius 2 is 2.22 bits per heavy atom. The molecule has 0 aliphatic heterocycles. The Morgan fingerprint density at radius 1 is 1.67 bits per heavy atom. The van der Waals surface area contributed by atoms with Crippen LogP contribution in [0.25, 0.3) is 0 Å². The van der Waals surface area contributed by atoms with E-state index in [1.165, 1.54) is 0 Å². The summed E-state index contributed by atoms with van der Waals surface area (Å²) in [6.45, 7) is 4.41. The lowest BCUT2D eigenvalue weighted by Gasteiger charge is -2.16. The van der Waals surface area contributed by atoms with E-state index in [4.69, 9.17) is 11.2 Å². The van der Waals surface area contributed by atoms with Gasteiger partial charge in [-0.3, -0.25) is 0 Å². The van der Waals surface area contributed by atoms with Crippen LogP contribution in [0.15, 0.2) is 0 Å². The molecular formula is C7H11BrO. The van der Waals surface area contributed by atoms with Gasteiger partial charge in [0.25, 0.3) is 0 Å². The quantitative estimate of drug-likeness (QED) is 0.488. The van der Waals surface area contributed by atoms with E-state index in [-0.39, 0.29) is 0 Å². The average molecular weight is 191 g/mol. The maximum Gasteiger partial charge on any atom is 0.122 e. The topological polar surface area (TPSA) is 9.23 Å². The van der Waals surface area contributed by atoms with Crippen molar-refractivity contribution in [2.24, 2.45) is 0 Å². The van der Waals surface area contributed by atoms with E-state index in [9.17, 15) is 0 Å². The summed E-state index contributed by atoms with van der Waals surface area (Å²) in [5.74, 6) is 2.53. The highest BCUT2D eigenvalue weighted by Crippen LogP contribution is 2.06. The highest BCUT2D eigenvalue weighted by molar-refractivity contribution is 9.09. The predicted octanol–water partition coefficient (Wildman–Crippen LogP) is 1.81. The zero-order valence-electron chi connectivity index (χ0n) is 5.78. The van der Waals surface area contributed by atoms with Crippen molar-refractivity contribution >= 4 is 15.9 Å². The molecule has 0 heterocycles. The van der Waals surface area contributed by atoms with Gasteiger partial charge in [-0.05, 0) is 13.8 Å². The van der Waals surface area contributed by atoms with Gasteiger partial charge >= 0.3 is 0 Å². The van der Waals surface area contributed by atoms with Crippen LogP contribution >= 0.6 is 15.9 Å². The molecule has 1 nitrogen and oxygen atoms in total. The van der Waals surface area contributed by atoms with Gasteiger partial charge in [0.2, 0.25) is 0 Å². The van der Waals surface area contributed by atoms with Crippen molar-refractivity contribution in [1.82, 2.24) is 0 Å². The molecule has 0 saturated carbocycles. The van der Waals surface area contributed by atoms with Crippen LogP contribution in [0.4, 0.5) is 0 Å². The minimum atomic E-state index is -0.409. The maximum atomic E-state index is 5.24. The van der Waals surface area contributed by atoms with Crippen LogP contribution < -0.4 is 0 Å². The van der Waals surface area contributed by atoms with Crippen molar-refractivity contribution in [2.75, 3.05) is 11.9 Å². The van der Waals surface area contributed by atoms with Gasteiger partial charge in [-0.2, -0.15) is 0 Å². The van der Waals surface area contributed by atoms with Crippen LogP contribution in [0.5, 0.6) is 0 Å². The molecule has 0 rings (SSSR count).